The monoisotopic (exact) mass is 303 g/mol. The van der Waals surface area contributed by atoms with Crippen LogP contribution in [-0.2, 0) is 9.59 Å². The summed E-state index contributed by atoms with van der Waals surface area (Å²) in [5.41, 5.74) is 5.19. The van der Waals surface area contributed by atoms with E-state index in [2.05, 4.69) is 15.8 Å². The topological polar surface area (TPSA) is 79.8 Å². The SMILES string of the molecule is CC1=NNC(=O)[C@@H]1CCNC(=O)COc1c(C)cccc1C. The highest BCUT2D eigenvalue weighted by molar-refractivity contribution is 6.06. The van der Waals surface area contributed by atoms with Gasteiger partial charge in [-0.15, -0.1) is 0 Å². The van der Waals surface area contributed by atoms with Gasteiger partial charge in [0.25, 0.3) is 5.91 Å². The first kappa shape index (κ1) is 16.0. The maximum absolute atomic E-state index is 11.8. The molecule has 0 fully saturated rings. The first-order valence-corrected chi connectivity index (χ1v) is 7.28. The van der Waals surface area contributed by atoms with Crippen LogP contribution in [0.2, 0.25) is 0 Å². The van der Waals surface area contributed by atoms with E-state index in [0.29, 0.717) is 13.0 Å². The Morgan fingerprint density at radius 2 is 2.00 bits per heavy atom. The Hall–Kier alpha value is -2.37. The van der Waals surface area contributed by atoms with Crippen LogP contribution in [0.3, 0.4) is 0 Å². The molecule has 118 valence electrons. The Morgan fingerprint density at radius 3 is 2.59 bits per heavy atom. The van der Waals surface area contributed by atoms with E-state index in [1.54, 1.807) is 6.92 Å². The highest BCUT2D eigenvalue weighted by atomic mass is 16.5. The smallest absolute Gasteiger partial charge is 0.257 e. The zero-order valence-corrected chi connectivity index (χ0v) is 13.1. The van der Waals surface area contributed by atoms with Gasteiger partial charge >= 0.3 is 0 Å². The fourth-order valence-corrected chi connectivity index (χ4v) is 2.40. The number of nitrogens with zero attached hydrogens (tertiary/aromatic N) is 1. The number of aryl methyl sites for hydroxylation is 2. The van der Waals surface area contributed by atoms with Crippen molar-refractivity contribution in [1.82, 2.24) is 10.7 Å². The molecule has 1 aromatic carbocycles. The van der Waals surface area contributed by atoms with Crippen molar-refractivity contribution in [3.8, 4) is 5.75 Å². The average molecular weight is 303 g/mol. The Balaban J connectivity index is 1.75. The van der Waals surface area contributed by atoms with E-state index < -0.39 is 0 Å². The van der Waals surface area contributed by atoms with E-state index in [-0.39, 0.29) is 24.3 Å². The van der Waals surface area contributed by atoms with Crippen LogP contribution >= 0.6 is 0 Å². The van der Waals surface area contributed by atoms with Gasteiger partial charge in [-0.2, -0.15) is 5.10 Å². The number of nitrogens with one attached hydrogen (secondary N) is 2. The van der Waals surface area contributed by atoms with E-state index in [0.717, 1.165) is 22.6 Å². The minimum absolute atomic E-state index is 0.0321. The van der Waals surface area contributed by atoms with Gasteiger partial charge in [-0.1, -0.05) is 18.2 Å². The van der Waals surface area contributed by atoms with E-state index in [9.17, 15) is 9.59 Å². The van der Waals surface area contributed by atoms with Gasteiger partial charge < -0.3 is 10.1 Å². The van der Waals surface area contributed by atoms with Gasteiger partial charge in [0.2, 0.25) is 5.91 Å². The third kappa shape index (κ3) is 3.84. The number of carbonyl (C=O) groups is 2. The second-order valence-electron chi connectivity index (χ2n) is 5.43. The summed E-state index contributed by atoms with van der Waals surface area (Å²) in [7, 11) is 0. The third-order valence-electron chi connectivity index (χ3n) is 3.67. The number of hydrazone groups is 1. The molecule has 0 saturated carbocycles. The lowest BCUT2D eigenvalue weighted by atomic mass is 10.0. The molecule has 6 nitrogen and oxygen atoms in total. The van der Waals surface area contributed by atoms with Crippen molar-refractivity contribution >= 4 is 17.5 Å². The molecule has 6 heteroatoms. The van der Waals surface area contributed by atoms with Crippen molar-refractivity contribution in [2.75, 3.05) is 13.2 Å². The van der Waals surface area contributed by atoms with Crippen molar-refractivity contribution < 1.29 is 14.3 Å². The van der Waals surface area contributed by atoms with E-state index in [1.807, 2.05) is 32.0 Å². The van der Waals surface area contributed by atoms with Crippen LogP contribution in [0, 0.1) is 19.8 Å². The Morgan fingerprint density at radius 1 is 1.32 bits per heavy atom. The molecule has 22 heavy (non-hydrogen) atoms. The van der Waals surface area contributed by atoms with Crippen molar-refractivity contribution in [1.29, 1.82) is 0 Å². The first-order valence-electron chi connectivity index (χ1n) is 7.28. The fourth-order valence-electron chi connectivity index (χ4n) is 2.40. The maximum Gasteiger partial charge on any atom is 0.257 e. The number of rotatable bonds is 6. The summed E-state index contributed by atoms with van der Waals surface area (Å²) >= 11 is 0. The van der Waals surface area contributed by atoms with Crippen LogP contribution in [0.25, 0.3) is 0 Å². The molecule has 1 heterocycles. The summed E-state index contributed by atoms with van der Waals surface area (Å²) in [6.45, 7) is 6.08. The number of benzene rings is 1. The highest BCUT2D eigenvalue weighted by Crippen LogP contribution is 2.22. The number of carbonyl (C=O) groups excluding carboxylic acids is 2. The number of hydrogen-bond donors (Lipinski definition) is 2. The Labute approximate surface area is 129 Å². The lowest BCUT2D eigenvalue weighted by Gasteiger charge is -2.12. The van der Waals surface area contributed by atoms with Crippen LogP contribution in [-0.4, -0.2) is 30.7 Å². The molecule has 0 bridgehead atoms. The summed E-state index contributed by atoms with van der Waals surface area (Å²) in [5, 5.41) is 6.63. The minimum Gasteiger partial charge on any atom is -0.483 e. The standard InChI is InChI=1S/C16H21N3O3/c1-10-5-4-6-11(2)15(10)22-9-14(20)17-8-7-13-12(3)18-19-16(13)21/h4-6,13H,7-9H2,1-3H3,(H,17,20)(H,19,21)/t13-/m1/s1. The average Bonchev–Trinajstić information content (AvgIpc) is 2.78. The third-order valence-corrected chi connectivity index (χ3v) is 3.67. The van der Waals surface area contributed by atoms with Crippen LogP contribution in [0.1, 0.15) is 24.5 Å². The molecule has 0 aromatic heterocycles. The van der Waals surface area contributed by atoms with Gasteiger partial charge in [0.15, 0.2) is 6.61 Å². The van der Waals surface area contributed by atoms with Crippen LogP contribution in [0.4, 0.5) is 0 Å². The molecule has 2 N–H and O–H groups in total. The van der Waals surface area contributed by atoms with E-state index >= 15 is 0 Å². The van der Waals surface area contributed by atoms with E-state index in [4.69, 9.17) is 4.74 Å². The predicted octanol–water partition coefficient (Wildman–Crippen LogP) is 1.31. The van der Waals surface area contributed by atoms with Crippen molar-refractivity contribution in [2.45, 2.75) is 27.2 Å². The zero-order valence-electron chi connectivity index (χ0n) is 13.1. The van der Waals surface area contributed by atoms with Crippen LogP contribution in [0.15, 0.2) is 23.3 Å². The molecular formula is C16H21N3O3. The summed E-state index contributed by atoms with van der Waals surface area (Å²) < 4.78 is 5.58. The molecule has 0 aliphatic carbocycles. The number of para-hydroxylation sites is 1. The Bertz CT molecular complexity index is 590. The van der Waals surface area contributed by atoms with Gasteiger partial charge in [0.05, 0.1) is 5.92 Å². The molecular weight excluding hydrogens is 282 g/mol. The highest BCUT2D eigenvalue weighted by Gasteiger charge is 2.26. The summed E-state index contributed by atoms with van der Waals surface area (Å²) in [6, 6.07) is 5.84. The maximum atomic E-state index is 11.8. The molecule has 0 radical (unpaired) electrons. The van der Waals surface area contributed by atoms with Crippen LogP contribution in [0.5, 0.6) is 5.75 Å². The van der Waals surface area contributed by atoms with Crippen molar-refractivity contribution in [3.63, 3.8) is 0 Å². The molecule has 1 aliphatic rings. The molecule has 1 aliphatic heterocycles. The van der Waals surface area contributed by atoms with Gasteiger partial charge in [-0.05, 0) is 38.3 Å². The van der Waals surface area contributed by atoms with Gasteiger partial charge in [0, 0.05) is 12.3 Å². The normalized spacial score (nSPS) is 17.0. The second kappa shape index (κ2) is 7.06. The number of ether oxygens (including phenoxy) is 1. The number of amides is 2. The van der Waals surface area contributed by atoms with Crippen molar-refractivity contribution in [3.05, 3.63) is 29.3 Å². The molecule has 0 spiro atoms. The van der Waals surface area contributed by atoms with Gasteiger partial charge in [0.1, 0.15) is 5.75 Å². The minimum atomic E-state index is -0.250. The van der Waals surface area contributed by atoms with Crippen LogP contribution < -0.4 is 15.5 Å². The predicted molar refractivity (Wildman–Crippen MR) is 83.8 cm³/mol. The lowest BCUT2D eigenvalue weighted by Crippen LogP contribution is -2.33. The summed E-state index contributed by atoms with van der Waals surface area (Å²) in [6.07, 6.45) is 0.538. The van der Waals surface area contributed by atoms with Gasteiger partial charge in [-0.3, -0.25) is 9.59 Å². The Kier molecular flexibility index (Phi) is 5.14. The quantitative estimate of drug-likeness (QED) is 0.831. The summed E-state index contributed by atoms with van der Waals surface area (Å²) in [5.74, 6) is 0.185. The van der Waals surface area contributed by atoms with E-state index in [1.165, 1.54) is 0 Å². The first-order chi connectivity index (χ1) is 10.5. The fraction of sp³-hybridized carbons (Fsp3) is 0.438. The molecule has 2 rings (SSSR count). The largest absolute Gasteiger partial charge is 0.483 e. The van der Waals surface area contributed by atoms with Crippen molar-refractivity contribution in [2.24, 2.45) is 11.0 Å². The molecule has 1 atom stereocenters. The van der Waals surface area contributed by atoms with Gasteiger partial charge in [-0.25, -0.2) is 5.43 Å². The molecule has 0 unspecified atom stereocenters. The number of hydrogen-bond acceptors (Lipinski definition) is 4. The summed E-state index contributed by atoms with van der Waals surface area (Å²) in [4.78, 5) is 23.3. The molecule has 1 aromatic rings. The molecule has 0 saturated heterocycles. The zero-order chi connectivity index (χ0) is 16.1. The lowest BCUT2D eigenvalue weighted by molar-refractivity contribution is -0.124. The second-order valence-corrected chi connectivity index (χ2v) is 5.43. The molecule has 2 amide bonds.